The first-order valence-electron chi connectivity index (χ1n) is 5.25. The van der Waals surface area contributed by atoms with Gasteiger partial charge < -0.3 is 0 Å². The third kappa shape index (κ3) is 3.21. The summed E-state index contributed by atoms with van der Waals surface area (Å²) in [6.45, 7) is 0. The fourth-order valence-corrected chi connectivity index (χ4v) is 3.21. The summed E-state index contributed by atoms with van der Waals surface area (Å²) in [5, 5.41) is 1.44. The van der Waals surface area contributed by atoms with Crippen molar-refractivity contribution in [1.82, 2.24) is 10.4 Å². The van der Waals surface area contributed by atoms with Gasteiger partial charge in [0, 0.05) is 21.3 Å². The van der Waals surface area contributed by atoms with E-state index in [2.05, 4.69) is 26.3 Å². The summed E-state index contributed by atoms with van der Waals surface area (Å²) >= 11 is 21.7. The standard InChI is InChI=1S/C12H9BrCl3N3/c13-7-2-1-3-8(15)10(7)12(19-17)11-9(16)4-6(14)5-18-11/h1-5,12,19H,17H2. The second-order valence-electron chi connectivity index (χ2n) is 3.76. The molecule has 0 aliphatic rings. The van der Waals surface area contributed by atoms with E-state index < -0.39 is 6.04 Å². The van der Waals surface area contributed by atoms with Crippen LogP contribution in [0.5, 0.6) is 0 Å². The number of hydrazine groups is 1. The molecule has 2 rings (SSSR count). The summed E-state index contributed by atoms with van der Waals surface area (Å²) < 4.78 is 0.816. The summed E-state index contributed by atoms with van der Waals surface area (Å²) in [6, 6.07) is 6.65. The lowest BCUT2D eigenvalue weighted by Crippen LogP contribution is -2.30. The van der Waals surface area contributed by atoms with Crippen LogP contribution < -0.4 is 11.3 Å². The summed E-state index contributed by atoms with van der Waals surface area (Å²) in [5.74, 6) is 5.62. The van der Waals surface area contributed by atoms with Gasteiger partial charge in [0.1, 0.15) is 0 Å². The van der Waals surface area contributed by atoms with Gasteiger partial charge in [-0.3, -0.25) is 10.8 Å². The molecule has 1 aromatic carbocycles. The van der Waals surface area contributed by atoms with Crippen LogP contribution in [-0.2, 0) is 0 Å². The molecule has 3 nitrogen and oxygen atoms in total. The average molecular weight is 381 g/mol. The number of aromatic nitrogens is 1. The van der Waals surface area contributed by atoms with Crippen molar-refractivity contribution < 1.29 is 0 Å². The second kappa shape index (κ2) is 6.39. The lowest BCUT2D eigenvalue weighted by atomic mass is 10.0. The predicted molar refractivity (Wildman–Crippen MR) is 82.6 cm³/mol. The molecule has 0 aliphatic carbocycles. The van der Waals surface area contributed by atoms with Crippen LogP contribution >= 0.6 is 50.7 Å². The molecule has 3 N–H and O–H groups in total. The first-order valence-corrected chi connectivity index (χ1v) is 7.18. The SMILES string of the molecule is NNC(c1ncc(Cl)cc1Cl)c1c(Cl)cccc1Br. The van der Waals surface area contributed by atoms with Gasteiger partial charge in [-0.1, -0.05) is 56.8 Å². The largest absolute Gasteiger partial charge is 0.271 e. The van der Waals surface area contributed by atoms with Crippen molar-refractivity contribution in [3.63, 3.8) is 0 Å². The fourth-order valence-electron chi connectivity index (χ4n) is 1.72. The highest BCUT2D eigenvalue weighted by atomic mass is 79.9. The highest BCUT2D eigenvalue weighted by Gasteiger charge is 2.22. The van der Waals surface area contributed by atoms with E-state index in [0.717, 1.165) is 10.0 Å². The normalized spacial score (nSPS) is 12.5. The van der Waals surface area contributed by atoms with Crippen LogP contribution in [0, 0.1) is 0 Å². The molecule has 1 unspecified atom stereocenters. The molecule has 1 heterocycles. The number of rotatable bonds is 3. The predicted octanol–water partition coefficient (Wildman–Crippen LogP) is 4.36. The zero-order valence-electron chi connectivity index (χ0n) is 9.50. The molecule has 0 spiro atoms. The van der Waals surface area contributed by atoms with Crippen molar-refractivity contribution in [2.45, 2.75) is 6.04 Å². The van der Waals surface area contributed by atoms with E-state index >= 15 is 0 Å². The third-order valence-electron chi connectivity index (χ3n) is 2.56. The molecular weight excluding hydrogens is 372 g/mol. The van der Waals surface area contributed by atoms with Gasteiger partial charge in [0.25, 0.3) is 0 Å². The molecular formula is C12H9BrCl3N3. The molecule has 7 heteroatoms. The highest BCUT2D eigenvalue weighted by molar-refractivity contribution is 9.10. The molecule has 19 heavy (non-hydrogen) atoms. The van der Waals surface area contributed by atoms with E-state index in [4.69, 9.17) is 40.6 Å². The van der Waals surface area contributed by atoms with E-state index in [1.54, 1.807) is 12.1 Å². The van der Waals surface area contributed by atoms with E-state index in [-0.39, 0.29) is 0 Å². The smallest absolute Gasteiger partial charge is 0.0921 e. The van der Waals surface area contributed by atoms with Gasteiger partial charge in [0.15, 0.2) is 0 Å². The number of benzene rings is 1. The lowest BCUT2D eigenvalue weighted by Gasteiger charge is -2.19. The zero-order chi connectivity index (χ0) is 14.0. The van der Waals surface area contributed by atoms with Crippen LogP contribution in [0.2, 0.25) is 15.1 Å². The maximum Gasteiger partial charge on any atom is 0.0921 e. The van der Waals surface area contributed by atoms with Crippen LogP contribution in [0.15, 0.2) is 34.9 Å². The first-order chi connectivity index (χ1) is 9.04. The van der Waals surface area contributed by atoms with Gasteiger partial charge >= 0.3 is 0 Å². The Balaban J connectivity index is 2.56. The number of hydrogen-bond acceptors (Lipinski definition) is 3. The molecule has 0 amide bonds. The average Bonchev–Trinajstić information content (AvgIpc) is 2.35. The Morgan fingerprint density at radius 1 is 1.21 bits per heavy atom. The minimum atomic E-state index is -0.437. The summed E-state index contributed by atoms with van der Waals surface area (Å²) in [5.41, 5.74) is 4.00. The molecule has 0 aliphatic heterocycles. The fraction of sp³-hybridized carbons (Fsp3) is 0.0833. The Bertz CT molecular complexity index is 587. The Kier molecular flexibility index (Phi) is 5.06. The number of pyridine rings is 1. The molecule has 0 radical (unpaired) electrons. The van der Waals surface area contributed by atoms with E-state index in [9.17, 15) is 0 Å². The molecule has 0 saturated heterocycles. The van der Waals surface area contributed by atoms with Gasteiger partial charge in [-0.2, -0.15) is 0 Å². The Morgan fingerprint density at radius 2 is 1.95 bits per heavy atom. The van der Waals surface area contributed by atoms with Gasteiger partial charge in [0.2, 0.25) is 0 Å². The number of nitrogens with two attached hydrogens (primary N) is 1. The van der Waals surface area contributed by atoms with Crippen molar-refractivity contribution in [3.05, 3.63) is 61.3 Å². The van der Waals surface area contributed by atoms with Crippen molar-refractivity contribution in [2.75, 3.05) is 0 Å². The van der Waals surface area contributed by atoms with Crippen LogP contribution in [-0.4, -0.2) is 4.98 Å². The summed E-state index contributed by atoms with van der Waals surface area (Å²) in [6.07, 6.45) is 1.51. The minimum absolute atomic E-state index is 0.419. The van der Waals surface area contributed by atoms with Crippen LogP contribution in [0.3, 0.4) is 0 Å². The molecule has 0 fully saturated rings. The minimum Gasteiger partial charge on any atom is -0.271 e. The molecule has 0 saturated carbocycles. The first kappa shape index (κ1) is 15.0. The highest BCUT2D eigenvalue weighted by Crippen LogP contribution is 2.35. The summed E-state index contributed by atoms with van der Waals surface area (Å²) in [7, 11) is 0. The van der Waals surface area contributed by atoms with Crippen molar-refractivity contribution in [1.29, 1.82) is 0 Å². The van der Waals surface area contributed by atoms with Crippen molar-refractivity contribution >= 4 is 50.7 Å². The summed E-state index contributed by atoms with van der Waals surface area (Å²) in [4.78, 5) is 4.22. The molecule has 1 aromatic heterocycles. The second-order valence-corrected chi connectivity index (χ2v) is 5.86. The monoisotopic (exact) mass is 379 g/mol. The van der Waals surface area contributed by atoms with Gasteiger partial charge in [0.05, 0.1) is 21.8 Å². The Morgan fingerprint density at radius 3 is 2.53 bits per heavy atom. The number of nitrogens with zero attached hydrogens (tertiary/aromatic N) is 1. The molecule has 0 bridgehead atoms. The van der Waals surface area contributed by atoms with E-state index in [1.807, 2.05) is 12.1 Å². The van der Waals surface area contributed by atoms with E-state index in [1.165, 1.54) is 6.20 Å². The number of nitrogens with one attached hydrogen (secondary N) is 1. The van der Waals surface area contributed by atoms with E-state index in [0.29, 0.717) is 20.8 Å². The van der Waals surface area contributed by atoms with Gasteiger partial charge in [-0.25, -0.2) is 5.43 Å². The lowest BCUT2D eigenvalue weighted by molar-refractivity contribution is 0.619. The zero-order valence-corrected chi connectivity index (χ0v) is 13.4. The van der Waals surface area contributed by atoms with Gasteiger partial charge in [-0.15, -0.1) is 0 Å². The molecule has 1 atom stereocenters. The number of hydrogen-bond donors (Lipinski definition) is 2. The molecule has 100 valence electrons. The topological polar surface area (TPSA) is 50.9 Å². The van der Waals surface area contributed by atoms with Crippen molar-refractivity contribution in [2.24, 2.45) is 5.84 Å². The quantitative estimate of drug-likeness (QED) is 0.614. The maximum atomic E-state index is 6.21. The molecule has 2 aromatic rings. The Hall–Kier alpha value is -0.360. The number of halogens is 4. The maximum absolute atomic E-state index is 6.21. The third-order valence-corrected chi connectivity index (χ3v) is 4.10. The van der Waals surface area contributed by atoms with Crippen LogP contribution in [0.4, 0.5) is 0 Å². The van der Waals surface area contributed by atoms with Gasteiger partial charge in [-0.05, 0) is 18.2 Å². The van der Waals surface area contributed by atoms with Crippen LogP contribution in [0.25, 0.3) is 0 Å². The Labute approximate surface area is 134 Å². The van der Waals surface area contributed by atoms with Crippen molar-refractivity contribution in [3.8, 4) is 0 Å². The van der Waals surface area contributed by atoms with Crippen LogP contribution in [0.1, 0.15) is 17.3 Å².